The molecule has 1 aromatic carbocycles. The highest BCUT2D eigenvalue weighted by Crippen LogP contribution is 2.42. The third kappa shape index (κ3) is 9.42. The number of amides is 1. The SMILES string of the molecule is CCNC(=O)CCCC=CCC1C(O[C@]2(C)O[C@@H](CO)[C@H](O)C(O)[C@@H]2O)CC(O)C1C=CC(O)CCc1ccccc1. The van der Waals surface area contributed by atoms with Crippen molar-refractivity contribution in [2.24, 2.45) is 11.8 Å². The number of carbonyl (C=O) groups excluding carboxylic acids is 1. The molecule has 1 aliphatic carbocycles. The van der Waals surface area contributed by atoms with E-state index < -0.39 is 55.1 Å². The van der Waals surface area contributed by atoms with Crippen molar-refractivity contribution in [2.45, 2.75) is 107 Å². The van der Waals surface area contributed by atoms with E-state index in [4.69, 9.17) is 9.47 Å². The van der Waals surface area contributed by atoms with Crippen molar-refractivity contribution >= 4 is 5.91 Å². The standard InChI is InChI=1S/C32H49NO9/c1-3-33-28(37)14-10-5-4-9-13-24-23(18-17-22(35)16-15-21-11-7-6-8-12-21)25(36)19-26(24)41-32(2)31(40)30(39)29(38)27(20-34)42-32/h4,6-9,11-12,17-18,22-27,29-31,34-36,38-40H,3,5,10,13-16,19-20H2,1-2H3,(H,33,37)/t22?,23?,24?,25?,26?,27-,29-,30?,31-,32+/m0/s1. The number of unbranched alkanes of at least 4 members (excludes halogenated alkanes) is 1. The summed E-state index contributed by atoms with van der Waals surface area (Å²) in [7, 11) is 0. The third-order valence-electron chi connectivity index (χ3n) is 8.28. The first-order valence-corrected chi connectivity index (χ1v) is 15.1. The lowest BCUT2D eigenvalue weighted by atomic mass is 9.88. The van der Waals surface area contributed by atoms with Crippen LogP contribution in [0.4, 0.5) is 0 Å². The number of hydrogen-bond acceptors (Lipinski definition) is 9. The van der Waals surface area contributed by atoms with Gasteiger partial charge in [0.1, 0.15) is 24.4 Å². The van der Waals surface area contributed by atoms with E-state index in [1.807, 2.05) is 55.5 Å². The molecular weight excluding hydrogens is 542 g/mol. The van der Waals surface area contributed by atoms with Gasteiger partial charge in [0.15, 0.2) is 5.79 Å². The van der Waals surface area contributed by atoms with Gasteiger partial charge in [-0.1, -0.05) is 54.6 Å². The van der Waals surface area contributed by atoms with Gasteiger partial charge in [-0.05, 0) is 57.4 Å². The highest BCUT2D eigenvalue weighted by atomic mass is 16.7. The van der Waals surface area contributed by atoms with Gasteiger partial charge >= 0.3 is 0 Å². The highest BCUT2D eigenvalue weighted by Gasteiger charge is 2.54. The summed E-state index contributed by atoms with van der Waals surface area (Å²) in [5, 5.41) is 65.4. The lowest BCUT2D eigenvalue weighted by Gasteiger charge is -2.47. The van der Waals surface area contributed by atoms with Crippen molar-refractivity contribution in [1.82, 2.24) is 5.32 Å². The van der Waals surface area contributed by atoms with Gasteiger partial charge in [0.05, 0.1) is 24.9 Å². The number of rotatable bonds is 15. The van der Waals surface area contributed by atoms with Gasteiger partial charge < -0.3 is 45.4 Å². The molecule has 10 heteroatoms. The Balaban J connectivity index is 1.70. The van der Waals surface area contributed by atoms with Crippen LogP contribution < -0.4 is 5.32 Å². The predicted octanol–water partition coefficient (Wildman–Crippen LogP) is 1.36. The molecule has 0 radical (unpaired) electrons. The summed E-state index contributed by atoms with van der Waals surface area (Å²) in [5.74, 6) is -2.35. The summed E-state index contributed by atoms with van der Waals surface area (Å²) < 4.78 is 12.0. The minimum Gasteiger partial charge on any atom is -0.394 e. The van der Waals surface area contributed by atoms with E-state index in [1.165, 1.54) is 6.92 Å². The smallest absolute Gasteiger partial charge is 0.219 e. The number of aliphatic hydroxyl groups excluding tert-OH is 6. The molecule has 10 nitrogen and oxygen atoms in total. The maximum atomic E-state index is 11.7. The number of hydrogen-bond donors (Lipinski definition) is 7. The number of carbonyl (C=O) groups is 1. The molecule has 7 N–H and O–H groups in total. The van der Waals surface area contributed by atoms with Crippen LogP contribution in [-0.4, -0.2) is 98.2 Å². The molecule has 3 rings (SSSR count). The molecular formula is C32H49NO9. The Bertz CT molecular complexity index is 1000. The molecule has 1 aromatic rings. The maximum absolute atomic E-state index is 11.7. The molecule has 236 valence electrons. The Hall–Kier alpha value is -2.15. The van der Waals surface area contributed by atoms with Crippen molar-refractivity contribution in [3.05, 3.63) is 60.2 Å². The summed E-state index contributed by atoms with van der Waals surface area (Å²) in [6.07, 6.45) is 3.41. The number of aliphatic hydroxyl groups is 6. The van der Waals surface area contributed by atoms with Crippen molar-refractivity contribution in [2.75, 3.05) is 13.2 Å². The summed E-state index contributed by atoms with van der Waals surface area (Å²) in [6.45, 7) is 3.35. The minimum atomic E-state index is -1.74. The molecule has 1 saturated heterocycles. The molecule has 0 spiro atoms. The Kier molecular flexibility index (Phi) is 13.6. The van der Waals surface area contributed by atoms with Gasteiger partial charge in [-0.3, -0.25) is 4.79 Å². The third-order valence-corrected chi connectivity index (χ3v) is 8.28. The number of benzene rings is 1. The van der Waals surface area contributed by atoms with Gasteiger partial charge in [0, 0.05) is 25.3 Å². The van der Waals surface area contributed by atoms with Crippen LogP contribution in [0.5, 0.6) is 0 Å². The largest absolute Gasteiger partial charge is 0.394 e. The van der Waals surface area contributed by atoms with Crippen LogP contribution >= 0.6 is 0 Å². The average molecular weight is 592 g/mol. The molecule has 6 unspecified atom stereocenters. The van der Waals surface area contributed by atoms with Gasteiger partial charge in [-0.15, -0.1) is 0 Å². The second kappa shape index (κ2) is 16.6. The molecule has 10 atom stereocenters. The van der Waals surface area contributed by atoms with E-state index in [9.17, 15) is 35.4 Å². The zero-order valence-electron chi connectivity index (χ0n) is 24.7. The van der Waals surface area contributed by atoms with E-state index >= 15 is 0 Å². The van der Waals surface area contributed by atoms with Crippen molar-refractivity contribution in [3.63, 3.8) is 0 Å². The normalized spacial score (nSPS) is 34.3. The van der Waals surface area contributed by atoms with Crippen LogP contribution in [0.25, 0.3) is 0 Å². The Labute approximate surface area is 248 Å². The van der Waals surface area contributed by atoms with E-state index in [0.29, 0.717) is 45.1 Å². The predicted molar refractivity (Wildman–Crippen MR) is 157 cm³/mol. The molecule has 1 saturated carbocycles. The fourth-order valence-electron chi connectivity index (χ4n) is 5.87. The summed E-state index contributed by atoms with van der Waals surface area (Å²) >= 11 is 0. The van der Waals surface area contributed by atoms with Crippen LogP contribution in [0, 0.1) is 11.8 Å². The summed E-state index contributed by atoms with van der Waals surface area (Å²) in [4.78, 5) is 11.7. The van der Waals surface area contributed by atoms with Gasteiger partial charge in [-0.25, -0.2) is 0 Å². The molecule has 1 heterocycles. The number of allylic oxidation sites excluding steroid dienone is 2. The molecule has 42 heavy (non-hydrogen) atoms. The van der Waals surface area contributed by atoms with Crippen molar-refractivity contribution < 1.29 is 44.9 Å². The first kappa shape index (κ1) is 34.3. The molecule has 2 aliphatic rings. The molecule has 2 fully saturated rings. The van der Waals surface area contributed by atoms with E-state index in [0.717, 1.165) is 5.56 Å². The second-order valence-electron chi connectivity index (χ2n) is 11.5. The summed E-state index contributed by atoms with van der Waals surface area (Å²) in [5.41, 5.74) is 1.13. The first-order chi connectivity index (χ1) is 20.1. The number of aryl methyl sites for hydroxylation is 1. The van der Waals surface area contributed by atoms with Gasteiger partial charge in [-0.2, -0.15) is 0 Å². The van der Waals surface area contributed by atoms with Crippen LogP contribution in [0.1, 0.15) is 57.9 Å². The van der Waals surface area contributed by atoms with Gasteiger partial charge in [0.2, 0.25) is 5.91 Å². The molecule has 1 aliphatic heterocycles. The Morgan fingerprint density at radius 2 is 1.90 bits per heavy atom. The van der Waals surface area contributed by atoms with E-state index in [2.05, 4.69) is 5.32 Å². The van der Waals surface area contributed by atoms with Gasteiger partial charge in [0.25, 0.3) is 0 Å². The number of ether oxygens (including phenoxy) is 2. The van der Waals surface area contributed by atoms with E-state index in [-0.39, 0.29) is 24.2 Å². The Morgan fingerprint density at radius 3 is 2.60 bits per heavy atom. The van der Waals surface area contributed by atoms with Crippen LogP contribution in [0.2, 0.25) is 0 Å². The quantitative estimate of drug-likeness (QED) is 0.118. The first-order valence-electron chi connectivity index (χ1n) is 15.1. The van der Waals surface area contributed by atoms with Crippen LogP contribution in [0.15, 0.2) is 54.6 Å². The maximum Gasteiger partial charge on any atom is 0.219 e. The van der Waals surface area contributed by atoms with Crippen LogP contribution in [-0.2, 0) is 20.7 Å². The topological polar surface area (TPSA) is 169 Å². The second-order valence-corrected chi connectivity index (χ2v) is 11.5. The minimum absolute atomic E-state index is 0.0158. The lowest BCUT2D eigenvalue weighted by Crippen LogP contribution is -2.65. The summed E-state index contributed by atoms with van der Waals surface area (Å²) in [6, 6.07) is 9.89. The molecule has 0 aromatic heterocycles. The monoisotopic (exact) mass is 591 g/mol. The number of nitrogens with one attached hydrogen (secondary N) is 1. The zero-order chi connectivity index (χ0) is 30.7. The van der Waals surface area contributed by atoms with E-state index in [1.54, 1.807) is 6.08 Å². The fourth-order valence-corrected chi connectivity index (χ4v) is 5.87. The highest BCUT2D eigenvalue weighted by molar-refractivity contribution is 5.75. The van der Waals surface area contributed by atoms with Crippen molar-refractivity contribution in [1.29, 1.82) is 0 Å². The molecule has 0 bridgehead atoms. The zero-order valence-corrected chi connectivity index (χ0v) is 24.7. The van der Waals surface area contributed by atoms with Crippen molar-refractivity contribution in [3.8, 4) is 0 Å². The Morgan fingerprint density at radius 1 is 1.17 bits per heavy atom. The van der Waals surface area contributed by atoms with Crippen LogP contribution in [0.3, 0.4) is 0 Å². The molecule has 1 amide bonds. The fraction of sp³-hybridized carbons (Fsp3) is 0.656. The average Bonchev–Trinajstić information content (AvgIpc) is 3.26. The lowest BCUT2D eigenvalue weighted by molar-refractivity contribution is -0.369.